The van der Waals surface area contributed by atoms with E-state index in [0.717, 1.165) is 55.2 Å². The van der Waals surface area contributed by atoms with E-state index >= 15 is 0 Å². The molecule has 0 aliphatic carbocycles. The molecule has 4 heteroatoms. The number of nitrogens with zero attached hydrogens (tertiary/aromatic N) is 3. The topological polar surface area (TPSA) is 41.1 Å². The molecule has 5 rings (SSSR count). The molecule has 2 saturated heterocycles. The number of fused-ring (bicyclic) bond motifs is 2. The molecular weight excluding hydrogens is 296 g/mol. The number of hydrogen-bond acceptors (Lipinski definition) is 4. The maximum absolute atomic E-state index is 4.85. The quantitative estimate of drug-likeness (QED) is 0.789. The Kier molecular flexibility index (Phi) is 3.23. The largest absolute Gasteiger partial charge is 0.340 e. The third-order valence-corrected chi connectivity index (χ3v) is 5.36. The van der Waals surface area contributed by atoms with Crippen LogP contribution in [0.25, 0.3) is 22.0 Å². The number of rotatable bonds is 2. The second-order valence-corrected chi connectivity index (χ2v) is 6.89. The van der Waals surface area contributed by atoms with Crippen molar-refractivity contribution in [3.63, 3.8) is 0 Å². The van der Waals surface area contributed by atoms with Gasteiger partial charge in [-0.15, -0.1) is 0 Å². The van der Waals surface area contributed by atoms with Gasteiger partial charge in [-0.1, -0.05) is 36.4 Å². The van der Waals surface area contributed by atoms with Gasteiger partial charge < -0.3 is 10.2 Å². The number of hydrogen-bond donors (Lipinski definition) is 1. The van der Waals surface area contributed by atoms with Crippen LogP contribution in [0.15, 0.2) is 54.7 Å². The molecule has 3 heterocycles. The molecule has 2 aliphatic rings. The lowest BCUT2D eigenvalue weighted by molar-refractivity contribution is 0.533. The Morgan fingerprint density at radius 3 is 2.54 bits per heavy atom. The molecule has 4 nitrogen and oxygen atoms in total. The summed E-state index contributed by atoms with van der Waals surface area (Å²) in [4.78, 5) is 11.7. The van der Waals surface area contributed by atoms with Crippen LogP contribution in [0, 0.1) is 11.8 Å². The van der Waals surface area contributed by atoms with Crippen molar-refractivity contribution in [3.05, 3.63) is 54.7 Å². The van der Waals surface area contributed by atoms with Crippen LogP contribution in [-0.4, -0.2) is 36.1 Å². The van der Waals surface area contributed by atoms with Crippen LogP contribution in [0.1, 0.15) is 0 Å². The van der Waals surface area contributed by atoms with E-state index in [-0.39, 0.29) is 0 Å². The summed E-state index contributed by atoms with van der Waals surface area (Å²) in [5.41, 5.74) is 2.15. The van der Waals surface area contributed by atoms with Crippen molar-refractivity contribution in [1.82, 2.24) is 15.3 Å². The average Bonchev–Trinajstić information content (AvgIpc) is 3.23. The lowest BCUT2D eigenvalue weighted by atomic mass is 10.0. The summed E-state index contributed by atoms with van der Waals surface area (Å²) in [5.74, 6) is 2.37. The summed E-state index contributed by atoms with van der Waals surface area (Å²) < 4.78 is 0. The molecule has 2 fully saturated rings. The Balaban J connectivity index is 1.48. The van der Waals surface area contributed by atoms with Crippen molar-refractivity contribution >= 4 is 16.7 Å². The fourth-order valence-electron chi connectivity index (χ4n) is 4.03. The first-order chi connectivity index (χ1) is 11.9. The summed E-state index contributed by atoms with van der Waals surface area (Å²) in [6.07, 6.45) is 1.89. The molecule has 0 bridgehead atoms. The minimum Gasteiger partial charge on any atom is -0.340 e. The van der Waals surface area contributed by atoms with Gasteiger partial charge in [-0.05, 0) is 34.7 Å². The van der Waals surface area contributed by atoms with Crippen molar-refractivity contribution in [2.45, 2.75) is 0 Å². The van der Waals surface area contributed by atoms with Crippen LogP contribution in [0.5, 0.6) is 0 Å². The predicted octanol–water partition coefficient (Wildman–Crippen LogP) is 2.95. The standard InChI is InChI=1S/C20H20N4/c1-2-4-15-9-16(6-5-14(15)3-1)19-7-8-22-20(23-19)24-12-17-10-21-11-18(17)13-24/h1-9,17-18,21H,10-13H2/t17-,18-/m0/s1. The van der Waals surface area contributed by atoms with E-state index in [4.69, 9.17) is 4.98 Å². The summed E-state index contributed by atoms with van der Waals surface area (Å²) in [6.45, 7) is 4.40. The third-order valence-electron chi connectivity index (χ3n) is 5.36. The van der Waals surface area contributed by atoms with E-state index in [0.29, 0.717) is 0 Å². The highest BCUT2D eigenvalue weighted by Crippen LogP contribution is 2.30. The highest BCUT2D eigenvalue weighted by molar-refractivity contribution is 5.86. The zero-order valence-corrected chi connectivity index (χ0v) is 13.5. The maximum Gasteiger partial charge on any atom is 0.225 e. The molecule has 1 N–H and O–H groups in total. The fraction of sp³-hybridized carbons (Fsp3) is 0.300. The number of nitrogens with one attached hydrogen (secondary N) is 1. The van der Waals surface area contributed by atoms with Gasteiger partial charge in [-0.3, -0.25) is 0 Å². The van der Waals surface area contributed by atoms with Crippen LogP contribution >= 0.6 is 0 Å². The van der Waals surface area contributed by atoms with Gasteiger partial charge in [-0.2, -0.15) is 0 Å². The Bertz CT molecular complexity index is 879. The summed E-state index contributed by atoms with van der Waals surface area (Å²) >= 11 is 0. The molecule has 3 aromatic rings. The van der Waals surface area contributed by atoms with Gasteiger partial charge >= 0.3 is 0 Å². The van der Waals surface area contributed by atoms with Crippen molar-refractivity contribution < 1.29 is 0 Å². The van der Waals surface area contributed by atoms with Gasteiger partial charge in [0.05, 0.1) is 5.69 Å². The van der Waals surface area contributed by atoms with Gasteiger partial charge in [0.1, 0.15) is 0 Å². The molecule has 24 heavy (non-hydrogen) atoms. The van der Waals surface area contributed by atoms with Gasteiger partial charge in [0.2, 0.25) is 5.95 Å². The molecule has 2 atom stereocenters. The van der Waals surface area contributed by atoms with E-state index in [2.05, 4.69) is 57.7 Å². The molecule has 0 amide bonds. The Morgan fingerprint density at radius 2 is 1.71 bits per heavy atom. The SMILES string of the molecule is c1ccc2cc(-c3ccnc(N4C[C@@H]5CNC[C@H]5C4)n3)ccc2c1. The molecule has 0 saturated carbocycles. The molecule has 1 aromatic heterocycles. The highest BCUT2D eigenvalue weighted by Gasteiger charge is 2.37. The normalized spacial score (nSPS) is 22.9. The second kappa shape index (κ2) is 5.56. The van der Waals surface area contributed by atoms with Crippen molar-refractivity contribution in [2.75, 3.05) is 31.1 Å². The Hall–Kier alpha value is -2.46. The monoisotopic (exact) mass is 316 g/mol. The van der Waals surface area contributed by atoms with Crippen LogP contribution in [0.3, 0.4) is 0 Å². The molecule has 0 unspecified atom stereocenters. The highest BCUT2D eigenvalue weighted by atomic mass is 15.3. The van der Waals surface area contributed by atoms with E-state index in [1.807, 2.05) is 12.3 Å². The first-order valence-corrected chi connectivity index (χ1v) is 8.65. The van der Waals surface area contributed by atoms with Gasteiger partial charge in [0, 0.05) is 37.9 Å². The van der Waals surface area contributed by atoms with Crippen molar-refractivity contribution in [2.24, 2.45) is 11.8 Å². The van der Waals surface area contributed by atoms with Gasteiger partial charge in [0.15, 0.2) is 0 Å². The number of anilines is 1. The molecular formula is C20H20N4. The van der Waals surface area contributed by atoms with Crippen LogP contribution in [0.2, 0.25) is 0 Å². The van der Waals surface area contributed by atoms with Gasteiger partial charge in [-0.25, -0.2) is 9.97 Å². The minimum absolute atomic E-state index is 0.748. The molecule has 0 spiro atoms. The smallest absolute Gasteiger partial charge is 0.225 e. The lowest BCUT2D eigenvalue weighted by Crippen LogP contribution is -2.27. The Labute approximate surface area is 141 Å². The van der Waals surface area contributed by atoms with E-state index in [1.165, 1.54) is 10.8 Å². The van der Waals surface area contributed by atoms with Crippen molar-refractivity contribution in [1.29, 1.82) is 0 Å². The number of aromatic nitrogens is 2. The molecule has 120 valence electrons. The molecule has 0 radical (unpaired) electrons. The first kappa shape index (κ1) is 13.9. The Morgan fingerprint density at radius 1 is 0.917 bits per heavy atom. The summed E-state index contributed by atoms with van der Waals surface area (Å²) in [7, 11) is 0. The minimum atomic E-state index is 0.748. The van der Waals surface area contributed by atoms with E-state index < -0.39 is 0 Å². The predicted molar refractivity (Wildman–Crippen MR) is 97.0 cm³/mol. The van der Waals surface area contributed by atoms with Crippen LogP contribution < -0.4 is 10.2 Å². The molecule has 2 aromatic carbocycles. The fourth-order valence-corrected chi connectivity index (χ4v) is 4.03. The zero-order chi connectivity index (χ0) is 15.9. The van der Waals surface area contributed by atoms with E-state index in [1.54, 1.807) is 0 Å². The second-order valence-electron chi connectivity index (χ2n) is 6.89. The van der Waals surface area contributed by atoms with Crippen LogP contribution in [-0.2, 0) is 0 Å². The summed E-state index contributed by atoms with van der Waals surface area (Å²) in [5, 5.41) is 5.99. The van der Waals surface area contributed by atoms with Gasteiger partial charge in [0.25, 0.3) is 0 Å². The maximum atomic E-state index is 4.85. The zero-order valence-electron chi connectivity index (χ0n) is 13.5. The summed E-state index contributed by atoms with van der Waals surface area (Å²) in [6, 6.07) is 17.0. The first-order valence-electron chi connectivity index (χ1n) is 8.65. The van der Waals surface area contributed by atoms with Crippen LogP contribution in [0.4, 0.5) is 5.95 Å². The molecule has 2 aliphatic heterocycles. The lowest BCUT2D eigenvalue weighted by Gasteiger charge is -2.17. The van der Waals surface area contributed by atoms with E-state index in [9.17, 15) is 0 Å². The number of benzene rings is 2. The van der Waals surface area contributed by atoms with Crippen molar-refractivity contribution in [3.8, 4) is 11.3 Å². The average molecular weight is 316 g/mol. The third kappa shape index (κ3) is 2.34.